The van der Waals surface area contributed by atoms with Crippen LogP contribution in [-0.2, 0) is 0 Å². The number of rotatable bonds is 2. The van der Waals surface area contributed by atoms with Crippen LogP contribution in [0, 0.1) is 5.41 Å². The van der Waals surface area contributed by atoms with E-state index in [-0.39, 0.29) is 0 Å². The Morgan fingerprint density at radius 2 is 1.95 bits per heavy atom. The number of anilines is 1. The summed E-state index contributed by atoms with van der Waals surface area (Å²) >= 11 is 1.48. The van der Waals surface area contributed by atoms with Gasteiger partial charge in [-0.25, -0.2) is 9.78 Å². The number of piperidine rings is 1. The highest BCUT2D eigenvalue weighted by Crippen LogP contribution is 2.46. The fraction of sp³-hybridized carbons (Fsp3) is 0.600. The first-order chi connectivity index (χ1) is 10.2. The molecule has 1 spiro atoms. The second-order valence-electron chi connectivity index (χ2n) is 6.34. The zero-order valence-electron chi connectivity index (χ0n) is 11.9. The van der Waals surface area contributed by atoms with E-state index in [4.69, 9.17) is 0 Å². The molecule has 0 aromatic carbocycles. The first kappa shape index (κ1) is 13.1. The van der Waals surface area contributed by atoms with Crippen molar-refractivity contribution in [1.29, 1.82) is 0 Å². The molecule has 1 N–H and O–H groups in total. The van der Waals surface area contributed by atoms with E-state index in [1.54, 1.807) is 10.6 Å². The Morgan fingerprint density at radius 1 is 1.24 bits per heavy atom. The lowest BCUT2D eigenvalue weighted by Crippen LogP contribution is -2.39. The van der Waals surface area contributed by atoms with Gasteiger partial charge in [0.1, 0.15) is 0 Å². The summed E-state index contributed by atoms with van der Waals surface area (Å²) in [5.74, 6) is -0.237. The highest BCUT2D eigenvalue weighted by molar-refractivity contribution is 7.15. The lowest BCUT2D eigenvalue weighted by atomic mass is 9.77. The Bertz CT molecular complexity index is 674. The fourth-order valence-corrected chi connectivity index (χ4v) is 4.72. The number of hydrogen-bond acceptors (Lipinski definition) is 4. The van der Waals surface area contributed by atoms with Crippen LogP contribution < -0.4 is 4.90 Å². The second kappa shape index (κ2) is 4.73. The lowest BCUT2D eigenvalue weighted by molar-refractivity contribution is 0.0690. The number of carboxylic acid groups (broad SMARTS) is 1. The summed E-state index contributed by atoms with van der Waals surface area (Å²) in [4.78, 5) is 19.1. The van der Waals surface area contributed by atoms with Crippen LogP contribution in [0.1, 0.15) is 49.0 Å². The van der Waals surface area contributed by atoms with Crippen LogP contribution in [0.3, 0.4) is 0 Å². The van der Waals surface area contributed by atoms with Crippen molar-refractivity contribution in [3.8, 4) is 0 Å². The topological polar surface area (TPSA) is 57.8 Å². The zero-order chi connectivity index (χ0) is 14.4. The summed E-state index contributed by atoms with van der Waals surface area (Å²) in [6.45, 7) is 1.87. The van der Waals surface area contributed by atoms with E-state index in [9.17, 15) is 9.90 Å². The highest BCUT2D eigenvalue weighted by atomic mass is 32.1. The molecule has 0 atom stereocenters. The third kappa shape index (κ3) is 2.04. The van der Waals surface area contributed by atoms with E-state index < -0.39 is 5.97 Å². The second-order valence-corrected chi connectivity index (χ2v) is 7.21. The van der Waals surface area contributed by atoms with E-state index in [2.05, 4.69) is 9.88 Å². The maximum absolute atomic E-state index is 11.6. The van der Waals surface area contributed by atoms with Crippen molar-refractivity contribution in [2.45, 2.75) is 38.5 Å². The minimum absolute atomic E-state index is 0.314. The van der Waals surface area contributed by atoms with Gasteiger partial charge in [-0.1, -0.05) is 12.8 Å². The molecule has 4 rings (SSSR count). The lowest BCUT2D eigenvalue weighted by Gasteiger charge is -2.39. The molecule has 0 radical (unpaired) electrons. The van der Waals surface area contributed by atoms with Crippen LogP contribution in [0.4, 0.5) is 5.82 Å². The number of thiazole rings is 1. The quantitative estimate of drug-likeness (QED) is 0.925. The summed E-state index contributed by atoms with van der Waals surface area (Å²) < 4.78 is 1.70. The number of fused-ring (bicyclic) bond motifs is 1. The first-order valence-corrected chi connectivity index (χ1v) is 8.50. The third-order valence-electron chi connectivity index (χ3n) is 5.23. The average molecular weight is 305 g/mol. The normalized spacial score (nSPS) is 21.4. The van der Waals surface area contributed by atoms with Gasteiger partial charge in [0.15, 0.2) is 16.5 Å². The van der Waals surface area contributed by atoms with Gasteiger partial charge in [-0.15, -0.1) is 11.3 Å². The van der Waals surface area contributed by atoms with Crippen molar-refractivity contribution in [3.05, 3.63) is 17.3 Å². The van der Waals surface area contributed by atoms with Crippen molar-refractivity contribution in [3.63, 3.8) is 0 Å². The van der Waals surface area contributed by atoms with Crippen LogP contribution in [0.25, 0.3) is 4.96 Å². The van der Waals surface area contributed by atoms with Gasteiger partial charge in [-0.2, -0.15) is 0 Å². The van der Waals surface area contributed by atoms with Gasteiger partial charge in [0.2, 0.25) is 0 Å². The van der Waals surface area contributed by atoms with Gasteiger partial charge in [-0.05, 0) is 31.1 Å². The molecule has 1 aliphatic carbocycles. The molecular weight excluding hydrogens is 286 g/mol. The summed E-state index contributed by atoms with van der Waals surface area (Å²) in [5.41, 5.74) is 0.852. The Balaban J connectivity index is 1.63. The number of carboxylic acids is 1. The van der Waals surface area contributed by atoms with E-state index in [1.807, 2.05) is 5.38 Å². The van der Waals surface area contributed by atoms with Crippen molar-refractivity contribution in [2.24, 2.45) is 5.41 Å². The molecule has 0 bridgehead atoms. The van der Waals surface area contributed by atoms with Gasteiger partial charge in [0, 0.05) is 24.7 Å². The van der Waals surface area contributed by atoms with E-state index in [1.165, 1.54) is 49.9 Å². The molecule has 21 heavy (non-hydrogen) atoms. The van der Waals surface area contributed by atoms with Gasteiger partial charge in [0.25, 0.3) is 0 Å². The minimum Gasteiger partial charge on any atom is -0.476 e. The summed E-state index contributed by atoms with van der Waals surface area (Å²) in [6.07, 6.45) is 9.58. The van der Waals surface area contributed by atoms with Crippen LogP contribution in [-0.4, -0.2) is 33.6 Å². The third-order valence-corrected chi connectivity index (χ3v) is 5.99. The number of imidazole rings is 1. The molecule has 0 amide bonds. The number of hydrogen-bond donors (Lipinski definition) is 1. The molecule has 1 saturated carbocycles. The van der Waals surface area contributed by atoms with E-state index in [0.717, 1.165) is 18.1 Å². The van der Waals surface area contributed by atoms with E-state index >= 15 is 0 Å². The van der Waals surface area contributed by atoms with Crippen LogP contribution in [0.5, 0.6) is 0 Å². The highest BCUT2D eigenvalue weighted by Gasteiger charge is 2.38. The van der Waals surface area contributed by atoms with Crippen molar-refractivity contribution in [2.75, 3.05) is 18.0 Å². The molecule has 2 fully saturated rings. The Morgan fingerprint density at radius 3 is 2.62 bits per heavy atom. The van der Waals surface area contributed by atoms with Gasteiger partial charge < -0.3 is 10.0 Å². The molecule has 2 aliphatic rings. The fourth-order valence-electron chi connectivity index (χ4n) is 4.01. The number of aromatic carboxylic acids is 1. The molecular formula is C15H19N3O2S. The van der Waals surface area contributed by atoms with Crippen LogP contribution in [0.15, 0.2) is 11.6 Å². The smallest absolute Gasteiger partial charge is 0.356 e. The summed E-state index contributed by atoms with van der Waals surface area (Å²) in [6, 6.07) is 0. The average Bonchev–Trinajstić information content (AvgIpc) is 3.14. The van der Waals surface area contributed by atoms with E-state index in [0.29, 0.717) is 16.9 Å². The van der Waals surface area contributed by atoms with Crippen molar-refractivity contribution >= 4 is 28.1 Å². The number of nitrogens with zero attached hydrogens (tertiary/aromatic N) is 3. The Hall–Kier alpha value is -1.56. The van der Waals surface area contributed by atoms with Crippen molar-refractivity contribution < 1.29 is 9.90 Å². The Kier molecular flexibility index (Phi) is 2.96. The molecule has 0 unspecified atom stereocenters. The first-order valence-electron chi connectivity index (χ1n) is 7.62. The molecule has 2 aromatic heterocycles. The molecule has 5 nitrogen and oxygen atoms in total. The molecule has 3 heterocycles. The molecule has 112 valence electrons. The maximum atomic E-state index is 11.6. The van der Waals surface area contributed by atoms with Gasteiger partial charge in [-0.3, -0.25) is 4.40 Å². The SMILES string of the molecule is O=C(O)c1c(N2CCC3(CCCC3)CC2)nc2sccn12. The Labute approximate surface area is 127 Å². The van der Waals surface area contributed by atoms with Crippen LogP contribution >= 0.6 is 11.3 Å². The monoisotopic (exact) mass is 305 g/mol. The largest absolute Gasteiger partial charge is 0.476 e. The van der Waals surface area contributed by atoms with Gasteiger partial charge in [0.05, 0.1) is 0 Å². The maximum Gasteiger partial charge on any atom is 0.356 e. The summed E-state index contributed by atoms with van der Waals surface area (Å²) in [5, 5.41) is 11.4. The summed E-state index contributed by atoms with van der Waals surface area (Å²) in [7, 11) is 0. The molecule has 1 saturated heterocycles. The standard InChI is InChI=1S/C15H19N3O2S/c19-13(20)11-12(16-14-18(11)9-10-21-14)17-7-5-15(6-8-17)3-1-2-4-15/h9-10H,1-8H2,(H,19,20). The molecule has 6 heteroatoms. The van der Waals surface area contributed by atoms with Crippen molar-refractivity contribution in [1.82, 2.24) is 9.38 Å². The molecule has 2 aromatic rings. The zero-order valence-corrected chi connectivity index (χ0v) is 12.7. The minimum atomic E-state index is -0.892. The predicted octanol–water partition coefficient (Wildman–Crippen LogP) is 3.25. The number of carbonyl (C=O) groups is 1. The van der Waals surface area contributed by atoms with Gasteiger partial charge >= 0.3 is 5.97 Å². The number of aromatic nitrogens is 2. The van der Waals surface area contributed by atoms with Crippen LogP contribution in [0.2, 0.25) is 0 Å². The predicted molar refractivity (Wildman–Crippen MR) is 82.4 cm³/mol. The molecule has 1 aliphatic heterocycles.